The lowest BCUT2D eigenvalue weighted by Gasteiger charge is -2.23. The number of aryl methyl sites for hydroxylation is 1. The fraction of sp³-hybridized carbons (Fsp3) is 0.846. The molecule has 5 heteroatoms. The van der Waals surface area contributed by atoms with E-state index in [1.807, 2.05) is 16.4 Å². The lowest BCUT2D eigenvalue weighted by atomic mass is 9.94. The van der Waals surface area contributed by atoms with E-state index in [0.717, 1.165) is 25.2 Å². The monoisotopic (exact) mass is 269 g/mol. The Morgan fingerprint density at radius 1 is 1.50 bits per heavy atom. The highest BCUT2D eigenvalue weighted by Crippen LogP contribution is 2.26. The Hall–Kier alpha value is -0.550. The molecular formula is C13H23N3OS. The average Bonchev–Trinajstić information content (AvgIpc) is 2.78. The number of aliphatic hydroxyl groups excluding tert-OH is 1. The van der Waals surface area contributed by atoms with Crippen molar-refractivity contribution in [3.05, 3.63) is 12.2 Å². The van der Waals surface area contributed by atoms with E-state index in [-0.39, 0.29) is 6.10 Å². The number of aliphatic hydroxyl groups is 1. The number of hydrogen-bond donors (Lipinski definition) is 1. The van der Waals surface area contributed by atoms with Crippen molar-refractivity contribution in [2.45, 2.75) is 51.7 Å². The molecular weight excluding hydrogens is 246 g/mol. The third-order valence-corrected chi connectivity index (χ3v) is 4.54. The van der Waals surface area contributed by atoms with Gasteiger partial charge in [0.05, 0.1) is 6.10 Å². The summed E-state index contributed by atoms with van der Waals surface area (Å²) < 4.78 is 1.92. The van der Waals surface area contributed by atoms with Gasteiger partial charge >= 0.3 is 0 Å². The Bertz CT molecular complexity index is 350. The van der Waals surface area contributed by atoms with Crippen LogP contribution in [-0.4, -0.2) is 37.5 Å². The van der Waals surface area contributed by atoms with E-state index in [1.54, 1.807) is 6.33 Å². The van der Waals surface area contributed by atoms with E-state index in [1.165, 1.54) is 24.3 Å². The number of nitrogens with zero attached hydrogens (tertiary/aromatic N) is 3. The maximum absolute atomic E-state index is 10.2. The third-order valence-electron chi connectivity index (χ3n) is 3.50. The molecule has 1 atom stereocenters. The van der Waals surface area contributed by atoms with E-state index in [9.17, 15) is 5.11 Å². The molecule has 0 spiro atoms. The van der Waals surface area contributed by atoms with Crippen molar-refractivity contribution < 1.29 is 5.11 Å². The largest absolute Gasteiger partial charge is 0.393 e. The maximum atomic E-state index is 10.2. The molecule has 2 heterocycles. The Morgan fingerprint density at radius 3 is 3.00 bits per heavy atom. The van der Waals surface area contributed by atoms with Crippen LogP contribution in [-0.2, 0) is 13.0 Å². The number of aromatic nitrogens is 3. The van der Waals surface area contributed by atoms with Crippen molar-refractivity contribution >= 4 is 11.8 Å². The Balaban J connectivity index is 1.82. The van der Waals surface area contributed by atoms with Crippen molar-refractivity contribution in [2.24, 2.45) is 5.92 Å². The van der Waals surface area contributed by atoms with Crippen molar-refractivity contribution in [1.82, 2.24) is 14.8 Å². The lowest BCUT2D eigenvalue weighted by molar-refractivity contribution is 0.136. The second-order valence-corrected chi connectivity index (χ2v) is 6.27. The number of thioether (sulfide) groups is 1. The van der Waals surface area contributed by atoms with Gasteiger partial charge in [-0.2, -0.15) is 16.9 Å². The van der Waals surface area contributed by atoms with Gasteiger partial charge in [0.1, 0.15) is 12.2 Å². The molecule has 1 unspecified atom stereocenters. The highest BCUT2D eigenvalue weighted by Gasteiger charge is 2.19. The highest BCUT2D eigenvalue weighted by molar-refractivity contribution is 7.99. The molecule has 0 amide bonds. The Morgan fingerprint density at radius 2 is 2.28 bits per heavy atom. The van der Waals surface area contributed by atoms with Crippen LogP contribution in [0.1, 0.15) is 38.4 Å². The topological polar surface area (TPSA) is 50.9 Å². The quantitative estimate of drug-likeness (QED) is 0.859. The van der Waals surface area contributed by atoms with Crippen LogP contribution in [0.15, 0.2) is 6.33 Å². The van der Waals surface area contributed by atoms with E-state index in [0.29, 0.717) is 12.3 Å². The summed E-state index contributed by atoms with van der Waals surface area (Å²) in [5, 5.41) is 14.4. The summed E-state index contributed by atoms with van der Waals surface area (Å²) in [4.78, 5) is 4.26. The van der Waals surface area contributed by atoms with Gasteiger partial charge in [0.2, 0.25) is 0 Å². The van der Waals surface area contributed by atoms with Gasteiger partial charge in [0, 0.05) is 13.0 Å². The van der Waals surface area contributed by atoms with Crippen LogP contribution in [0.3, 0.4) is 0 Å². The standard InChI is InChI=1S/C13H23N3OS/c1-2-5-16-13(14-10-15-16)9-12(17)8-11-3-6-18-7-4-11/h10-12,17H,2-9H2,1H3. The number of hydrogen-bond acceptors (Lipinski definition) is 4. The van der Waals surface area contributed by atoms with E-state index in [4.69, 9.17) is 0 Å². The van der Waals surface area contributed by atoms with Crippen LogP contribution in [0.5, 0.6) is 0 Å². The van der Waals surface area contributed by atoms with E-state index in [2.05, 4.69) is 17.0 Å². The summed E-state index contributed by atoms with van der Waals surface area (Å²) in [5.74, 6) is 4.13. The van der Waals surface area contributed by atoms with Crippen LogP contribution in [0.4, 0.5) is 0 Å². The van der Waals surface area contributed by atoms with Gasteiger partial charge < -0.3 is 5.11 Å². The maximum Gasteiger partial charge on any atom is 0.138 e. The SMILES string of the molecule is CCCn1ncnc1CC(O)CC1CCSCC1. The molecule has 2 rings (SSSR count). The molecule has 0 radical (unpaired) electrons. The van der Waals surface area contributed by atoms with Crippen molar-refractivity contribution in [3.63, 3.8) is 0 Å². The first-order valence-electron chi connectivity index (χ1n) is 6.92. The number of rotatable bonds is 6. The van der Waals surface area contributed by atoms with E-state index >= 15 is 0 Å². The van der Waals surface area contributed by atoms with Crippen molar-refractivity contribution in [3.8, 4) is 0 Å². The molecule has 18 heavy (non-hydrogen) atoms. The van der Waals surface area contributed by atoms with Gasteiger partial charge in [0.25, 0.3) is 0 Å². The van der Waals surface area contributed by atoms with Gasteiger partial charge in [-0.25, -0.2) is 4.98 Å². The molecule has 1 aromatic heterocycles. The lowest BCUT2D eigenvalue weighted by Crippen LogP contribution is -2.21. The van der Waals surface area contributed by atoms with Gasteiger partial charge in [0.15, 0.2) is 0 Å². The molecule has 1 N–H and O–H groups in total. The van der Waals surface area contributed by atoms with Gasteiger partial charge in [-0.3, -0.25) is 4.68 Å². The zero-order valence-corrected chi connectivity index (χ0v) is 11.9. The predicted molar refractivity (Wildman–Crippen MR) is 74.7 cm³/mol. The summed E-state index contributed by atoms with van der Waals surface area (Å²) in [6, 6.07) is 0. The van der Waals surface area contributed by atoms with Crippen molar-refractivity contribution in [2.75, 3.05) is 11.5 Å². The van der Waals surface area contributed by atoms with Crippen molar-refractivity contribution in [1.29, 1.82) is 0 Å². The summed E-state index contributed by atoms with van der Waals surface area (Å²) in [5.41, 5.74) is 0. The summed E-state index contributed by atoms with van der Waals surface area (Å²) in [6.45, 7) is 3.02. The molecule has 1 aromatic rings. The Labute approximate surface area is 113 Å². The van der Waals surface area contributed by atoms with Crippen LogP contribution in [0, 0.1) is 5.92 Å². The molecule has 0 bridgehead atoms. The van der Waals surface area contributed by atoms with Gasteiger partial charge in [-0.05, 0) is 43.1 Å². The first-order valence-corrected chi connectivity index (χ1v) is 8.07. The summed E-state index contributed by atoms with van der Waals surface area (Å²) in [7, 11) is 0. The van der Waals surface area contributed by atoms with Crippen LogP contribution < -0.4 is 0 Å². The first kappa shape index (κ1) is 13.9. The molecule has 0 aromatic carbocycles. The molecule has 1 aliphatic rings. The molecule has 0 aliphatic carbocycles. The molecule has 1 aliphatic heterocycles. The normalized spacial score (nSPS) is 19.0. The minimum atomic E-state index is -0.266. The second kappa shape index (κ2) is 7.14. The molecule has 102 valence electrons. The first-order chi connectivity index (χ1) is 8.79. The predicted octanol–water partition coefficient (Wildman–Crippen LogP) is 2.12. The zero-order chi connectivity index (χ0) is 12.8. The molecule has 0 saturated carbocycles. The zero-order valence-electron chi connectivity index (χ0n) is 11.1. The van der Waals surface area contributed by atoms with E-state index < -0.39 is 0 Å². The smallest absolute Gasteiger partial charge is 0.138 e. The van der Waals surface area contributed by atoms with Gasteiger partial charge in [-0.1, -0.05) is 6.92 Å². The molecule has 1 fully saturated rings. The summed E-state index contributed by atoms with van der Waals surface area (Å²) >= 11 is 2.03. The fourth-order valence-corrected chi connectivity index (χ4v) is 3.71. The van der Waals surface area contributed by atoms with Gasteiger partial charge in [-0.15, -0.1) is 0 Å². The average molecular weight is 269 g/mol. The Kier molecular flexibility index (Phi) is 5.50. The highest BCUT2D eigenvalue weighted by atomic mass is 32.2. The molecule has 1 saturated heterocycles. The van der Waals surface area contributed by atoms with Crippen LogP contribution in [0.2, 0.25) is 0 Å². The minimum absolute atomic E-state index is 0.266. The second-order valence-electron chi connectivity index (χ2n) is 5.05. The third kappa shape index (κ3) is 3.99. The van der Waals surface area contributed by atoms with Crippen LogP contribution >= 0.6 is 11.8 Å². The minimum Gasteiger partial charge on any atom is -0.393 e. The summed E-state index contributed by atoms with van der Waals surface area (Å²) in [6.07, 6.45) is 6.44. The molecule has 4 nitrogen and oxygen atoms in total. The fourth-order valence-electron chi connectivity index (χ4n) is 2.51. The van der Waals surface area contributed by atoms with Crippen LogP contribution in [0.25, 0.3) is 0 Å².